The van der Waals surface area contributed by atoms with Crippen LogP contribution in [0.15, 0.2) is 65.7 Å². The van der Waals surface area contributed by atoms with Gasteiger partial charge in [-0.2, -0.15) is 0 Å². The first-order valence-corrected chi connectivity index (χ1v) is 11.3. The smallest absolute Gasteiger partial charge is 0.109 e. The van der Waals surface area contributed by atoms with Crippen molar-refractivity contribution >= 4 is 0 Å². The molecule has 0 spiro atoms. The van der Waals surface area contributed by atoms with Gasteiger partial charge in [-0.25, -0.2) is 0 Å². The van der Waals surface area contributed by atoms with E-state index < -0.39 is 0 Å². The van der Waals surface area contributed by atoms with Crippen LogP contribution in [-0.4, -0.2) is 45.5 Å². The molecule has 0 aliphatic carbocycles. The molecule has 2 atom stereocenters. The number of aryl methyl sites for hydroxylation is 2. The molecule has 3 fully saturated rings. The number of hydrogen-bond donors (Lipinski definition) is 0. The Kier molecular flexibility index (Phi) is 4.18. The summed E-state index contributed by atoms with van der Waals surface area (Å²) in [7, 11) is 0. The van der Waals surface area contributed by atoms with Crippen molar-refractivity contribution in [2.24, 2.45) is 0 Å². The van der Waals surface area contributed by atoms with Gasteiger partial charge >= 0.3 is 0 Å². The lowest BCUT2D eigenvalue weighted by molar-refractivity contribution is 0.00316. The summed E-state index contributed by atoms with van der Waals surface area (Å²) >= 11 is 0. The van der Waals surface area contributed by atoms with E-state index in [1.54, 1.807) is 0 Å². The van der Waals surface area contributed by atoms with Crippen LogP contribution in [0.1, 0.15) is 50.3 Å². The predicted octanol–water partition coefficient (Wildman–Crippen LogP) is 5.29. The largest absolute Gasteiger partial charge is 0.349 e. The van der Waals surface area contributed by atoms with E-state index in [1.807, 2.05) is 0 Å². The minimum Gasteiger partial charge on any atom is -0.349 e. The Morgan fingerprint density at radius 1 is 1.07 bits per heavy atom. The van der Waals surface area contributed by atoms with Gasteiger partial charge in [0.2, 0.25) is 0 Å². The molecule has 1 aromatic rings. The second-order valence-corrected chi connectivity index (χ2v) is 10.3. The fourth-order valence-corrected chi connectivity index (χ4v) is 6.51. The quantitative estimate of drug-likeness (QED) is 0.667. The summed E-state index contributed by atoms with van der Waals surface area (Å²) in [5.41, 5.74) is 10.6. The monoisotopic (exact) mass is 401 g/mol. The molecule has 30 heavy (non-hydrogen) atoms. The molecule has 158 valence electrons. The average Bonchev–Trinajstić information content (AvgIpc) is 3.16. The summed E-state index contributed by atoms with van der Waals surface area (Å²) in [6, 6.07) is 6.78. The van der Waals surface area contributed by atoms with E-state index >= 15 is 0 Å². The SMILES string of the molecule is C=C1C(Cc2ccc(C)cc2C)=CN2CC3(C)N(C[C@@]4(C)CCCN34)C(=C)C2=C1C. The number of hydrogen-bond acceptors (Lipinski definition) is 3. The Hall–Kier alpha value is -2.26. The van der Waals surface area contributed by atoms with Crippen LogP contribution in [0.2, 0.25) is 0 Å². The third-order valence-corrected chi connectivity index (χ3v) is 8.15. The minimum atomic E-state index is 0.00612. The zero-order valence-electron chi connectivity index (χ0n) is 19.3. The van der Waals surface area contributed by atoms with Crippen LogP contribution >= 0.6 is 0 Å². The van der Waals surface area contributed by atoms with E-state index in [-0.39, 0.29) is 11.2 Å². The third-order valence-electron chi connectivity index (χ3n) is 8.15. The van der Waals surface area contributed by atoms with Crippen LogP contribution in [0, 0.1) is 13.8 Å². The zero-order chi connectivity index (χ0) is 21.4. The summed E-state index contributed by atoms with van der Waals surface area (Å²) in [4.78, 5) is 7.81. The summed E-state index contributed by atoms with van der Waals surface area (Å²) in [5.74, 6) is 0. The molecule has 4 heterocycles. The van der Waals surface area contributed by atoms with Crippen molar-refractivity contribution < 1.29 is 0 Å². The second-order valence-electron chi connectivity index (χ2n) is 10.3. The zero-order valence-corrected chi connectivity index (χ0v) is 19.3. The molecule has 3 nitrogen and oxygen atoms in total. The van der Waals surface area contributed by atoms with Crippen LogP contribution in [0.5, 0.6) is 0 Å². The van der Waals surface area contributed by atoms with Crippen molar-refractivity contribution in [2.45, 2.75) is 65.1 Å². The number of benzene rings is 1. The maximum Gasteiger partial charge on any atom is 0.109 e. The predicted molar refractivity (Wildman–Crippen MR) is 125 cm³/mol. The first-order chi connectivity index (χ1) is 14.1. The second kappa shape index (κ2) is 6.37. The van der Waals surface area contributed by atoms with Gasteiger partial charge in [-0.3, -0.25) is 4.90 Å². The highest BCUT2D eigenvalue weighted by atomic mass is 15.5. The highest BCUT2D eigenvalue weighted by Crippen LogP contribution is 2.51. The number of fused-ring (bicyclic) bond motifs is 4. The van der Waals surface area contributed by atoms with Crippen LogP contribution < -0.4 is 0 Å². The van der Waals surface area contributed by atoms with Gasteiger partial charge in [0.15, 0.2) is 0 Å². The Morgan fingerprint density at radius 2 is 1.83 bits per heavy atom. The molecule has 0 saturated carbocycles. The standard InChI is InChI=1S/C27H35N3/c1-18-9-10-23(19(2)13-18)14-24-15-28-17-27(7)29(16-26(6)11-8-12-30(26)27)22(5)25(28)21(4)20(24)3/h9-10,13,15H,3,5,8,11-12,14,16-17H2,1-2,4,6-7H3/t26-,27?/m1/s1. The fourth-order valence-electron chi connectivity index (χ4n) is 6.51. The normalized spacial score (nSPS) is 31.2. The highest BCUT2D eigenvalue weighted by Gasteiger charge is 2.60. The maximum atomic E-state index is 4.59. The number of allylic oxidation sites excluding steroid dienone is 3. The minimum absolute atomic E-state index is 0.00612. The molecule has 0 N–H and O–H groups in total. The van der Waals surface area contributed by atoms with E-state index in [0.29, 0.717) is 0 Å². The molecule has 0 aromatic heterocycles. The summed E-state index contributed by atoms with van der Waals surface area (Å²) in [6.07, 6.45) is 5.88. The molecule has 3 saturated heterocycles. The van der Waals surface area contributed by atoms with Gasteiger partial charge in [0.1, 0.15) is 5.66 Å². The van der Waals surface area contributed by atoms with Gasteiger partial charge in [0, 0.05) is 24.8 Å². The molecule has 0 radical (unpaired) electrons. The lowest BCUT2D eigenvalue weighted by atomic mass is 9.87. The molecule has 1 aromatic carbocycles. The lowest BCUT2D eigenvalue weighted by Crippen LogP contribution is -2.61. The van der Waals surface area contributed by atoms with Gasteiger partial charge in [0.05, 0.1) is 17.9 Å². The molecular weight excluding hydrogens is 366 g/mol. The Labute approximate surface area is 182 Å². The highest BCUT2D eigenvalue weighted by molar-refractivity contribution is 5.56. The van der Waals surface area contributed by atoms with E-state index in [2.05, 4.69) is 86.9 Å². The molecule has 0 bridgehead atoms. The third kappa shape index (κ3) is 2.61. The summed E-state index contributed by atoms with van der Waals surface area (Å²) in [6.45, 7) is 23.8. The first-order valence-electron chi connectivity index (χ1n) is 11.3. The van der Waals surface area contributed by atoms with Crippen molar-refractivity contribution in [3.63, 3.8) is 0 Å². The van der Waals surface area contributed by atoms with Gasteiger partial charge in [-0.05, 0) is 81.7 Å². The average molecular weight is 402 g/mol. The molecule has 5 rings (SSSR count). The Morgan fingerprint density at radius 3 is 2.57 bits per heavy atom. The molecule has 4 aliphatic rings. The van der Waals surface area contributed by atoms with Crippen LogP contribution in [-0.2, 0) is 6.42 Å². The van der Waals surface area contributed by atoms with Gasteiger partial charge in [0.25, 0.3) is 0 Å². The van der Waals surface area contributed by atoms with Gasteiger partial charge in [-0.1, -0.05) is 36.9 Å². The number of rotatable bonds is 2. The molecule has 0 amide bonds. The van der Waals surface area contributed by atoms with Gasteiger partial charge in [-0.15, -0.1) is 0 Å². The van der Waals surface area contributed by atoms with E-state index in [0.717, 1.165) is 25.1 Å². The van der Waals surface area contributed by atoms with Crippen molar-refractivity contribution in [1.82, 2.24) is 14.7 Å². The maximum absolute atomic E-state index is 4.59. The molecular formula is C27H35N3. The van der Waals surface area contributed by atoms with Crippen molar-refractivity contribution in [3.8, 4) is 0 Å². The molecule has 3 heteroatoms. The topological polar surface area (TPSA) is 9.72 Å². The van der Waals surface area contributed by atoms with Crippen LogP contribution in [0.4, 0.5) is 0 Å². The van der Waals surface area contributed by atoms with Crippen molar-refractivity contribution in [2.75, 3.05) is 19.6 Å². The Bertz CT molecular complexity index is 1030. The summed E-state index contributed by atoms with van der Waals surface area (Å²) < 4.78 is 0. The van der Waals surface area contributed by atoms with E-state index in [4.69, 9.17) is 0 Å². The molecule has 4 aliphatic heterocycles. The van der Waals surface area contributed by atoms with E-state index in [1.165, 1.54) is 58.6 Å². The molecule has 1 unspecified atom stereocenters. The first kappa shape index (κ1) is 19.7. The fraction of sp³-hybridized carbons (Fsp3) is 0.481. The van der Waals surface area contributed by atoms with Crippen LogP contribution in [0.25, 0.3) is 0 Å². The van der Waals surface area contributed by atoms with Crippen molar-refractivity contribution in [3.05, 3.63) is 82.4 Å². The summed E-state index contributed by atoms with van der Waals surface area (Å²) in [5, 5.41) is 0. The number of piperazine rings is 1. The lowest BCUT2D eigenvalue weighted by Gasteiger charge is -2.52. The van der Waals surface area contributed by atoms with E-state index in [9.17, 15) is 0 Å². The van der Waals surface area contributed by atoms with Crippen molar-refractivity contribution in [1.29, 1.82) is 0 Å². The number of nitrogens with zero attached hydrogens (tertiary/aromatic N) is 3. The van der Waals surface area contributed by atoms with Crippen LogP contribution in [0.3, 0.4) is 0 Å². The Balaban J connectivity index is 1.52. The van der Waals surface area contributed by atoms with Gasteiger partial charge < -0.3 is 9.80 Å².